The molecule has 1 radical (unpaired) electrons. The SMILES string of the molecule is O=[C]NCCc1ncccn1. The van der Waals surface area contributed by atoms with Gasteiger partial charge in [-0.05, 0) is 6.07 Å². The zero-order valence-electron chi connectivity index (χ0n) is 5.95. The molecule has 11 heavy (non-hydrogen) atoms. The van der Waals surface area contributed by atoms with Gasteiger partial charge in [0.05, 0.1) is 0 Å². The number of rotatable bonds is 4. The lowest BCUT2D eigenvalue weighted by atomic mass is 10.4. The summed E-state index contributed by atoms with van der Waals surface area (Å²) in [6.07, 6.45) is 5.58. The zero-order chi connectivity index (χ0) is 7.94. The van der Waals surface area contributed by atoms with E-state index in [1.165, 1.54) is 0 Å². The number of carbonyl (C=O) groups excluding carboxylic acids is 1. The maximum absolute atomic E-state index is 9.72. The average molecular weight is 150 g/mol. The second kappa shape index (κ2) is 4.38. The summed E-state index contributed by atoms with van der Waals surface area (Å²) in [6.45, 7) is 0.535. The summed E-state index contributed by atoms with van der Waals surface area (Å²) >= 11 is 0. The van der Waals surface area contributed by atoms with Gasteiger partial charge >= 0.3 is 6.41 Å². The molecule has 4 heteroatoms. The fourth-order valence-electron chi connectivity index (χ4n) is 0.684. The third-order valence-electron chi connectivity index (χ3n) is 1.17. The molecule has 1 N–H and O–H groups in total. The highest BCUT2D eigenvalue weighted by Crippen LogP contribution is 1.86. The van der Waals surface area contributed by atoms with Gasteiger partial charge in [0.25, 0.3) is 0 Å². The van der Waals surface area contributed by atoms with Crippen molar-refractivity contribution in [1.82, 2.24) is 15.3 Å². The van der Waals surface area contributed by atoms with Crippen LogP contribution in [0, 0.1) is 0 Å². The van der Waals surface area contributed by atoms with Crippen LogP contribution >= 0.6 is 0 Å². The lowest BCUT2D eigenvalue weighted by molar-refractivity contribution is 0.541. The van der Waals surface area contributed by atoms with Crippen molar-refractivity contribution < 1.29 is 4.79 Å². The van der Waals surface area contributed by atoms with Gasteiger partial charge in [-0.2, -0.15) is 0 Å². The van der Waals surface area contributed by atoms with Crippen LogP contribution in [0.3, 0.4) is 0 Å². The van der Waals surface area contributed by atoms with Crippen LogP contribution in [0.1, 0.15) is 5.82 Å². The van der Waals surface area contributed by atoms with Crippen LogP contribution in [0.15, 0.2) is 18.5 Å². The van der Waals surface area contributed by atoms with E-state index >= 15 is 0 Å². The second-order valence-corrected chi connectivity index (χ2v) is 1.94. The van der Waals surface area contributed by atoms with Gasteiger partial charge in [0.2, 0.25) is 0 Å². The minimum absolute atomic E-state index is 0.535. The van der Waals surface area contributed by atoms with Crippen molar-refractivity contribution >= 4 is 6.41 Å². The molecular weight excluding hydrogens is 142 g/mol. The Labute approximate surface area is 64.7 Å². The fraction of sp³-hybridized carbons (Fsp3) is 0.286. The van der Waals surface area contributed by atoms with E-state index in [0.717, 1.165) is 5.82 Å². The molecule has 0 aliphatic heterocycles. The second-order valence-electron chi connectivity index (χ2n) is 1.94. The molecule has 1 aromatic rings. The third-order valence-corrected chi connectivity index (χ3v) is 1.17. The zero-order valence-corrected chi connectivity index (χ0v) is 5.95. The molecule has 0 spiro atoms. The number of nitrogens with one attached hydrogen (secondary N) is 1. The third kappa shape index (κ3) is 2.75. The van der Waals surface area contributed by atoms with Crippen molar-refractivity contribution in [3.05, 3.63) is 24.3 Å². The van der Waals surface area contributed by atoms with Gasteiger partial charge in [-0.25, -0.2) is 9.97 Å². The summed E-state index contributed by atoms with van der Waals surface area (Å²) in [5.41, 5.74) is 0. The van der Waals surface area contributed by atoms with Gasteiger partial charge in [0.1, 0.15) is 5.82 Å². The number of aromatic nitrogens is 2. The van der Waals surface area contributed by atoms with Crippen LogP contribution in [0.4, 0.5) is 0 Å². The Kier molecular flexibility index (Phi) is 3.05. The molecule has 0 fully saturated rings. The minimum Gasteiger partial charge on any atom is -0.347 e. The molecule has 0 bridgehead atoms. The Morgan fingerprint density at radius 1 is 1.45 bits per heavy atom. The van der Waals surface area contributed by atoms with E-state index in [-0.39, 0.29) is 0 Å². The van der Waals surface area contributed by atoms with E-state index < -0.39 is 0 Å². The highest BCUT2D eigenvalue weighted by molar-refractivity contribution is 5.46. The molecule has 57 valence electrons. The van der Waals surface area contributed by atoms with E-state index in [4.69, 9.17) is 0 Å². The summed E-state index contributed by atoms with van der Waals surface area (Å²) in [5.74, 6) is 0.732. The number of hydrogen-bond donors (Lipinski definition) is 1. The summed E-state index contributed by atoms with van der Waals surface area (Å²) in [6, 6.07) is 1.75. The van der Waals surface area contributed by atoms with Crippen molar-refractivity contribution in [2.45, 2.75) is 6.42 Å². The molecule has 0 aliphatic carbocycles. The molecule has 1 aromatic heterocycles. The highest BCUT2D eigenvalue weighted by Gasteiger charge is 1.91. The van der Waals surface area contributed by atoms with Crippen molar-refractivity contribution in [3.63, 3.8) is 0 Å². The van der Waals surface area contributed by atoms with Gasteiger partial charge in [0.15, 0.2) is 0 Å². The maximum atomic E-state index is 9.72. The van der Waals surface area contributed by atoms with Crippen LogP contribution in [0.25, 0.3) is 0 Å². The standard InChI is InChI=1S/C7H8N3O/c11-6-8-5-2-7-9-3-1-4-10-7/h1,3-4H,2,5H2,(H,8,11). The Morgan fingerprint density at radius 2 is 2.18 bits per heavy atom. The van der Waals surface area contributed by atoms with Gasteiger partial charge in [0, 0.05) is 25.4 Å². The summed E-state index contributed by atoms with van der Waals surface area (Å²) in [7, 11) is 0. The van der Waals surface area contributed by atoms with Crippen LogP contribution < -0.4 is 5.32 Å². The number of hydrogen-bond acceptors (Lipinski definition) is 3. The van der Waals surface area contributed by atoms with E-state index in [9.17, 15) is 4.79 Å². The lowest BCUT2D eigenvalue weighted by Gasteiger charge is -1.95. The molecule has 1 amide bonds. The van der Waals surface area contributed by atoms with Crippen molar-refractivity contribution in [3.8, 4) is 0 Å². The van der Waals surface area contributed by atoms with Crippen molar-refractivity contribution in [1.29, 1.82) is 0 Å². The predicted molar refractivity (Wildman–Crippen MR) is 39.4 cm³/mol. The van der Waals surface area contributed by atoms with Crippen LogP contribution in [-0.2, 0) is 11.2 Å². The molecule has 4 nitrogen and oxygen atoms in total. The highest BCUT2D eigenvalue weighted by atomic mass is 16.1. The maximum Gasteiger partial charge on any atom is 0.309 e. The van der Waals surface area contributed by atoms with Gasteiger partial charge in [-0.3, -0.25) is 4.79 Å². The lowest BCUT2D eigenvalue weighted by Crippen LogP contribution is -2.15. The molecule has 0 unspecified atom stereocenters. The topological polar surface area (TPSA) is 54.9 Å². The quantitative estimate of drug-likeness (QED) is 0.472. The molecule has 0 saturated carbocycles. The van der Waals surface area contributed by atoms with Crippen molar-refractivity contribution in [2.24, 2.45) is 0 Å². The number of amides is 1. The van der Waals surface area contributed by atoms with E-state index in [1.54, 1.807) is 24.9 Å². The molecule has 1 rings (SSSR count). The van der Waals surface area contributed by atoms with Crippen molar-refractivity contribution in [2.75, 3.05) is 6.54 Å². The van der Waals surface area contributed by atoms with Crippen LogP contribution in [0.5, 0.6) is 0 Å². The molecular formula is C7H8N3O. The first-order chi connectivity index (χ1) is 5.43. The number of nitrogens with zero attached hydrogens (tertiary/aromatic N) is 2. The first-order valence-corrected chi connectivity index (χ1v) is 3.29. The fourth-order valence-corrected chi connectivity index (χ4v) is 0.684. The normalized spacial score (nSPS) is 9.09. The Bertz CT molecular complexity index is 212. The summed E-state index contributed by atoms with van der Waals surface area (Å²) < 4.78 is 0. The van der Waals surface area contributed by atoms with Crippen LogP contribution in [0.2, 0.25) is 0 Å². The Morgan fingerprint density at radius 3 is 2.82 bits per heavy atom. The predicted octanol–water partition coefficient (Wildman–Crippen LogP) is -0.324. The molecule has 0 aromatic carbocycles. The Hall–Kier alpha value is -1.45. The van der Waals surface area contributed by atoms with Gasteiger partial charge in [-0.1, -0.05) is 0 Å². The summed E-state index contributed by atoms with van der Waals surface area (Å²) in [5, 5.41) is 2.41. The first kappa shape index (κ1) is 7.65. The monoisotopic (exact) mass is 150 g/mol. The Balaban J connectivity index is 2.33. The molecule has 1 heterocycles. The molecule has 0 atom stereocenters. The van der Waals surface area contributed by atoms with Gasteiger partial charge < -0.3 is 5.32 Å². The summed E-state index contributed by atoms with van der Waals surface area (Å²) in [4.78, 5) is 17.7. The van der Waals surface area contributed by atoms with Crippen LogP contribution in [-0.4, -0.2) is 22.9 Å². The first-order valence-electron chi connectivity index (χ1n) is 3.29. The molecule has 0 aliphatic rings. The largest absolute Gasteiger partial charge is 0.347 e. The molecule has 0 saturated heterocycles. The van der Waals surface area contributed by atoms with E-state index in [1.807, 2.05) is 0 Å². The van der Waals surface area contributed by atoms with E-state index in [0.29, 0.717) is 13.0 Å². The smallest absolute Gasteiger partial charge is 0.309 e. The minimum atomic E-state index is 0.535. The van der Waals surface area contributed by atoms with E-state index in [2.05, 4.69) is 15.3 Å². The average Bonchev–Trinajstić information content (AvgIpc) is 2.07. The van der Waals surface area contributed by atoms with Gasteiger partial charge in [-0.15, -0.1) is 0 Å².